The van der Waals surface area contributed by atoms with E-state index in [4.69, 9.17) is 11.6 Å². The minimum atomic E-state index is -0.457. The Labute approximate surface area is 117 Å². The van der Waals surface area contributed by atoms with Gasteiger partial charge in [0.25, 0.3) is 0 Å². The van der Waals surface area contributed by atoms with Gasteiger partial charge < -0.3 is 9.80 Å². The molecule has 0 saturated carbocycles. The van der Waals surface area contributed by atoms with Gasteiger partial charge in [0.05, 0.1) is 12.2 Å². The molecular weight excluding hydrogens is 266 g/mol. The highest BCUT2D eigenvalue weighted by Crippen LogP contribution is 2.11. The molecule has 2 amide bonds. The third-order valence-corrected chi connectivity index (χ3v) is 3.23. The number of carbonyl (C=O) groups is 2. The first-order valence-corrected chi connectivity index (χ1v) is 6.69. The van der Waals surface area contributed by atoms with Crippen LogP contribution in [-0.4, -0.2) is 46.2 Å². The summed E-state index contributed by atoms with van der Waals surface area (Å²) in [7, 11) is 0. The van der Waals surface area contributed by atoms with Crippen molar-refractivity contribution < 1.29 is 9.59 Å². The van der Waals surface area contributed by atoms with Crippen LogP contribution in [0.1, 0.15) is 19.0 Å². The quantitative estimate of drug-likeness (QED) is 0.618. The Hall–Kier alpha value is -1.62. The van der Waals surface area contributed by atoms with Crippen LogP contribution in [0.3, 0.4) is 0 Å². The predicted molar refractivity (Wildman–Crippen MR) is 71.5 cm³/mol. The lowest BCUT2D eigenvalue weighted by Gasteiger charge is -2.33. The number of halogens is 1. The second-order valence-electron chi connectivity index (χ2n) is 4.47. The van der Waals surface area contributed by atoms with Gasteiger partial charge in [-0.1, -0.05) is 24.6 Å². The molecule has 0 atom stereocenters. The zero-order chi connectivity index (χ0) is 13.8. The summed E-state index contributed by atoms with van der Waals surface area (Å²) >= 11 is 5.80. The van der Waals surface area contributed by atoms with Crippen molar-refractivity contribution in [3.8, 4) is 0 Å². The molecule has 6 heteroatoms. The summed E-state index contributed by atoms with van der Waals surface area (Å²) in [6, 6.07) is 5.25. The molecule has 1 aromatic rings. The topological polar surface area (TPSA) is 53.5 Å². The number of rotatable bonds is 4. The molecule has 0 aromatic carbocycles. The summed E-state index contributed by atoms with van der Waals surface area (Å²) in [5, 5.41) is 0.390. The molecule has 1 saturated heterocycles. The first-order chi connectivity index (χ1) is 9.11. The third-order valence-electron chi connectivity index (χ3n) is 3.02. The molecule has 0 N–H and O–H groups in total. The van der Waals surface area contributed by atoms with Gasteiger partial charge in [0, 0.05) is 19.6 Å². The smallest absolute Gasteiger partial charge is 0.312 e. The van der Waals surface area contributed by atoms with E-state index in [0.717, 1.165) is 6.42 Å². The maximum absolute atomic E-state index is 12.0. The predicted octanol–water partition coefficient (Wildman–Crippen LogP) is 1.32. The second kappa shape index (κ2) is 6.02. The van der Waals surface area contributed by atoms with Crippen molar-refractivity contribution in [1.29, 1.82) is 0 Å². The molecule has 0 unspecified atom stereocenters. The molecule has 0 bridgehead atoms. The first kappa shape index (κ1) is 13.8. The fourth-order valence-electron chi connectivity index (χ4n) is 2.08. The van der Waals surface area contributed by atoms with E-state index in [1.807, 2.05) is 6.92 Å². The van der Waals surface area contributed by atoms with E-state index in [9.17, 15) is 9.59 Å². The van der Waals surface area contributed by atoms with E-state index in [1.54, 1.807) is 23.1 Å². The molecular formula is C13H16ClN3O2. The van der Waals surface area contributed by atoms with Gasteiger partial charge in [-0.15, -0.1) is 0 Å². The molecule has 2 rings (SSSR count). The minimum Gasteiger partial charge on any atom is -0.333 e. The van der Waals surface area contributed by atoms with Crippen molar-refractivity contribution in [3.63, 3.8) is 0 Å². The van der Waals surface area contributed by atoms with Crippen LogP contribution in [0.15, 0.2) is 18.2 Å². The van der Waals surface area contributed by atoms with Crippen LogP contribution in [0.4, 0.5) is 0 Å². The highest BCUT2D eigenvalue weighted by atomic mass is 35.5. The lowest BCUT2D eigenvalue weighted by Crippen LogP contribution is -2.54. The lowest BCUT2D eigenvalue weighted by atomic mass is 10.2. The zero-order valence-electron chi connectivity index (χ0n) is 10.8. The SMILES string of the molecule is CCCN1CCN(Cc2cccc(Cl)n2)C(=O)C1=O. The molecule has 0 radical (unpaired) electrons. The van der Waals surface area contributed by atoms with E-state index in [2.05, 4.69) is 4.98 Å². The normalized spacial score (nSPS) is 16.1. The minimum absolute atomic E-state index is 0.325. The number of amides is 2. The van der Waals surface area contributed by atoms with Gasteiger partial charge >= 0.3 is 11.8 Å². The Kier molecular flexibility index (Phi) is 4.37. The molecule has 102 valence electrons. The molecule has 1 aliphatic rings. The Balaban J connectivity index is 2.03. The van der Waals surface area contributed by atoms with Gasteiger partial charge in [-0.3, -0.25) is 9.59 Å². The number of aromatic nitrogens is 1. The molecule has 1 aliphatic heterocycles. The van der Waals surface area contributed by atoms with E-state index >= 15 is 0 Å². The molecule has 19 heavy (non-hydrogen) atoms. The van der Waals surface area contributed by atoms with Crippen LogP contribution in [0, 0.1) is 0 Å². The van der Waals surface area contributed by atoms with E-state index in [0.29, 0.717) is 37.0 Å². The van der Waals surface area contributed by atoms with E-state index in [1.165, 1.54) is 4.90 Å². The number of hydrogen-bond donors (Lipinski definition) is 0. The second-order valence-corrected chi connectivity index (χ2v) is 4.86. The largest absolute Gasteiger partial charge is 0.333 e. The standard InChI is InChI=1S/C13H16ClN3O2/c1-2-6-16-7-8-17(13(19)12(16)18)9-10-4-3-5-11(14)15-10/h3-5H,2,6-9H2,1H3. The van der Waals surface area contributed by atoms with Crippen LogP contribution < -0.4 is 0 Å². The van der Waals surface area contributed by atoms with Crippen molar-refractivity contribution >= 4 is 23.4 Å². The highest BCUT2D eigenvalue weighted by molar-refractivity contribution is 6.35. The van der Waals surface area contributed by atoms with Gasteiger partial charge in [0.2, 0.25) is 0 Å². The molecule has 0 aliphatic carbocycles. The monoisotopic (exact) mass is 281 g/mol. The number of piperazine rings is 1. The van der Waals surface area contributed by atoms with Crippen LogP contribution in [0.25, 0.3) is 0 Å². The number of hydrogen-bond acceptors (Lipinski definition) is 3. The van der Waals surface area contributed by atoms with Crippen LogP contribution >= 0.6 is 11.6 Å². The highest BCUT2D eigenvalue weighted by Gasteiger charge is 2.31. The summed E-state index contributed by atoms with van der Waals surface area (Å²) in [5.41, 5.74) is 0.692. The van der Waals surface area contributed by atoms with Crippen LogP contribution in [-0.2, 0) is 16.1 Å². The van der Waals surface area contributed by atoms with Gasteiger partial charge in [-0.05, 0) is 18.6 Å². The molecule has 0 spiro atoms. The summed E-state index contributed by atoms with van der Waals surface area (Å²) in [5.74, 6) is -0.878. The van der Waals surface area contributed by atoms with E-state index in [-0.39, 0.29) is 0 Å². The fourth-order valence-corrected chi connectivity index (χ4v) is 2.26. The first-order valence-electron chi connectivity index (χ1n) is 6.31. The van der Waals surface area contributed by atoms with E-state index < -0.39 is 11.8 Å². The fraction of sp³-hybridized carbons (Fsp3) is 0.462. The summed E-state index contributed by atoms with van der Waals surface area (Å²) in [6.07, 6.45) is 0.856. The van der Waals surface area contributed by atoms with Gasteiger partial charge in [-0.25, -0.2) is 4.98 Å². The average molecular weight is 282 g/mol. The van der Waals surface area contributed by atoms with Crippen molar-refractivity contribution in [1.82, 2.24) is 14.8 Å². The Morgan fingerprint density at radius 1 is 1.21 bits per heavy atom. The molecule has 5 nitrogen and oxygen atoms in total. The Morgan fingerprint density at radius 2 is 1.89 bits per heavy atom. The lowest BCUT2D eigenvalue weighted by molar-refractivity contribution is -0.156. The van der Waals surface area contributed by atoms with Crippen molar-refractivity contribution in [2.24, 2.45) is 0 Å². The number of nitrogens with zero attached hydrogens (tertiary/aromatic N) is 3. The number of pyridine rings is 1. The summed E-state index contributed by atoms with van der Waals surface area (Å²) in [6.45, 7) is 4.07. The third kappa shape index (κ3) is 3.23. The number of carbonyl (C=O) groups excluding carboxylic acids is 2. The van der Waals surface area contributed by atoms with Crippen LogP contribution in [0.2, 0.25) is 5.15 Å². The van der Waals surface area contributed by atoms with Gasteiger partial charge in [-0.2, -0.15) is 0 Å². The zero-order valence-corrected chi connectivity index (χ0v) is 11.6. The van der Waals surface area contributed by atoms with Crippen molar-refractivity contribution in [3.05, 3.63) is 29.0 Å². The van der Waals surface area contributed by atoms with Crippen molar-refractivity contribution in [2.45, 2.75) is 19.9 Å². The maximum atomic E-state index is 12.0. The Morgan fingerprint density at radius 3 is 2.58 bits per heavy atom. The van der Waals surface area contributed by atoms with Crippen molar-refractivity contribution in [2.75, 3.05) is 19.6 Å². The molecule has 1 fully saturated rings. The maximum Gasteiger partial charge on any atom is 0.312 e. The van der Waals surface area contributed by atoms with Crippen LogP contribution in [0.5, 0.6) is 0 Å². The molecule has 2 heterocycles. The Bertz CT molecular complexity index is 493. The summed E-state index contributed by atoms with van der Waals surface area (Å²) in [4.78, 5) is 31.1. The van der Waals surface area contributed by atoms with Gasteiger partial charge in [0.1, 0.15) is 5.15 Å². The van der Waals surface area contributed by atoms with Gasteiger partial charge in [0.15, 0.2) is 0 Å². The molecule has 1 aromatic heterocycles. The summed E-state index contributed by atoms with van der Waals surface area (Å²) < 4.78 is 0. The average Bonchev–Trinajstić information content (AvgIpc) is 2.39.